The number of hydrogen-bond acceptors (Lipinski definition) is 3. The van der Waals surface area contributed by atoms with E-state index >= 15 is 0 Å². The average Bonchev–Trinajstić information content (AvgIpc) is 2.58. The molecule has 1 N–H and O–H groups in total. The van der Waals surface area contributed by atoms with Crippen LogP contribution in [0.1, 0.15) is 16.1 Å². The molecule has 0 radical (unpaired) electrons. The Kier molecular flexibility index (Phi) is 4.57. The number of nitrogens with zero attached hydrogens (tertiary/aromatic N) is 2. The highest BCUT2D eigenvalue weighted by molar-refractivity contribution is 9.10. The summed E-state index contributed by atoms with van der Waals surface area (Å²) >= 11 is 2.84. The Morgan fingerprint density at radius 2 is 1.81 bits per heavy atom. The fourth-order valence-electron chi connectivity index (χ4n) is 2.48. The van der Waals surface area contributed by atoms with Gasteiger partial charge in [0.1, 0.15) is 0 Å². The molecule has 9 heteroatoms. The summed E-state index contributed by atoms with van der Waals surface area (Å²) in [6, 6.07) is 9.76. The standard InChI is InChI=1S/C17H11BrF3N3O2/c1-24-16(26)11-5-3-2-4-10(11)14(23-24)15(25)22-9-6-7-13(18)12(8-9)17(19,20)21/h2-8H,1H3,(H,22,25). The molecule has 1 heterocycles. The molecule has 2 aromatic carbocycles. The first-order chi connectivity index (χ1) is 12.2. The number of aromatic nitrogens is 2. The van der Waals surface area contributed by atoms with Crippen molar-refractivity contribution in [3.63, 3.8) is 0 Å². The van der Waals surface area contributed by atoms with Crippen molar-refractivity contribution in [1.82, 2.24) is 9.78 Å². The minimum Gasteiger partial charge on any atom is -0.321 e. The predicted octanol–water partition coefficient (Wildman–Crippen LogP) is 3.97. The fraction of sp³-hybridized carbons (Fsp3) is 0.118. The lowest BCUT2D eigenvalue weighted by Crippen LogP contribution is -2.25. The highest BCUT2D eigenvalue weighted by Crippen LogP contribution is 2.36. The first kappa shape index (κ1) is 18.1. The maximum absolute atomic E-state index is 13.0. The van der Waals surface area contributed by atoms with E-state index in [-0.39, 0.29) is 21.4 Å². The first-order valence-electron chi connectivity index (χ1n) is 7.32. The van der Waals surface area contributed by atoms with Crippen LogP contribution in [0.5, 0.6) is 0 Å². The minimum atomic E-state index is -4.57. The number of benzene rings is 2. The lowest BCUT2D eigenvalue weighted by atomic mass is 10.1. The highest BCUT2D eigenvalue weighted by Gasteiger charge is 2.33. The average molecular weight is 426 g/mol. The van der Waals surface area contributed by atoms with Gasteiger partial charge in [-0.25, -0.2) is 4.68 Å². The fourth-order valence-corrected chi connectivity index (χ4v) is 2.95. The zero-order chi connectivity index (χ0) is 19.1. The van der Waals surface area contributed by atoms with Crippen molar-refractivity contribution in [3.8, 4) is 0 Å². The van der Waals surface area contributed by atoms with E-state index in [1.54, 1.807) is 24.3 Å². The summed E-state index contributed by atoms with van der Waals surface area (Å²) in [5.41, 5.74) is -1.38. The van der Waals surface area contributed by atoms with E-state index in [1.165, 1.54) is 19.2 Å². The maximum Gasteiger partial charge on any atom is 0.417 e. The summed E-state index contributed by atoms with van der Waals surface area (Å²) in [4.78, 5) is 24.6. The smallest absolute Gasteiger partial charge is 0.321 e. The van der Waals surface area contributed by atoms with Crippen LogP contribution in [0.25, 0.3) is 10.8 Å². The number of amides is 1. The molecule has 5 nitrogen and oxygen atoms in total. The molecule has 0 spiro atoms. The number of alkyl halides is 3. The molecular formula is C17H11BrF3N3O2. The molecule has 1 amide bonds. The van der Waals surface area contributed by atoms with E-state index in [2.05, 4.69) is 26.3 Å². The zero-order valence-electron chi connectivity index (χ0n) is 13.3. The van der Waals surface area contributed by atoms with Crippen LogP contribution in [0.4, 0.5) is 18.9 Å². The lowest BCUT2D eigenvalue weighted by Gasteiger charge is -2.12. The molecule has 0 atom stereocenters. The van der Waals surface area contributed by atoms with Crippen molar-refractivity contribution in [2.24, 2.45) is 7.05 Å². The molecule has 0 saturated carbocycles. The van der Waals surface area contributed by atoms with Crippen LogP contribution in [0, 0.1) is 0 Å². The van der Waals surface area contributed by atoms with Gasteiger partial charge in [-0.2, -0.15) is 18.3 Å². The summed E-state index contributed by atoms with van der Waals surface area (Å²) in [5, 5.41) is 6.96. The quantitative estimate of drug-likeness (QED) is 0.675. The topological polar surface area (TPSA) is 64.0 Å². The summed E-state index contributed by atoms with van der Waals surface area (Å²) < 4.78 is 39.9. The molecule has 1 aromatic heterocycles. The van der Waals surface area contributed by atoms with Crippen molar-refractivity contribution >= 4 is 38.3 Å². The number of rotatable bonds is 2. The molecule has 0 bridgehead atoms. The Labute approximate surface area is 153 Å². The van der Waals surface area contributed by atoms with Gasteiger partial charge in [-0.3, -0.25) is 9.59 Å². The summed E-state index contributed by atoms with van der Waals surface area (Å²) in [5.74, 6) is -0.716. The van der Waals surface area contributed by atoms with Gasteiger partial charge in [0.15, 0.2) is 5.69 Å². The van der Waals surface area contributed by atoms with Gasteiger partial charge in [-0.1, -0.05) is 34.1 Å². The number of carbonyl (C=O) groups excluding carboxylic acids is 1. The van der Waals surface area contributed by atoms with Crippen LogP contribution in [-0.2, 0) is 13.2 Å². The summed E-state index contributed by atoms with van der Waals surface area (Å²) in [6.07, 6.45) is -4.57. The molecule has 0 aliphatic heterocycles. The second-order valence-electron chi connectivity index (χ2n) is 5.47. The van der Waals surface area contributed by atoms with Gasteiger partial charge < -0.3 is 5.32 Å². The van der Waals surface area contributed by atoms with E-state index in [4.69, 9.17) is 0 Å². The van der Waals surface area contributed by atoms with E-state index in [0.29, 0.717) is 10.8 Å². The van der Waals surface area contributed by atoms with Crippen molar-refractivity contribution < 1.29 is 18.0 Å². The number of aryl methyl sites for hydroxylation is 1. The van der Waals surface area contributed by atoms with Gasteiger partial charge in [0, 0.05) is 22.6 Å². The van der Waals surface area contributed by atoms with E-state index in [0.717, 1.165) is 10.7 Å². The predicted molar refractivity (Wildman–Crippen MR) is 94.1 cm³/mol. The third-order valence-electron chi connectivity index (χ3n) is 3.70. The number of carbonyl (C=O) groups is 1. The summed E-state index contributed by atoms with van der Waals surface area (Å²) in [6.45, 7) is 0. The van der Waals surface area contributed by atoms with Crippen LogP contribution >= 0.6 is 15.9 Å². The molecular weight excluding hydrogens is 415 g/mol. The number of nitrogens with one attached hydrogen (secondary N) is 1. The van der Waals surface area contributed by atoms with Gasteiger partial charge in [0.2, 0.25) is 0 Å². The molecule has 3 rings (SSSR count). The van der Waals surface area contributed by atoms with Gasteiger partial charge in [0.25, 0.3) is 11.5 Å². The number of halogens is 4. The second kappa shape index (κ2) is 6.56. The van der Waals surface area contributed by atoms with Crippen molar-refractivity contribution in [2.75, 3.05) is 5.32 Å². The maximum atomic E-state index is 13.0. The van der Waals surface area contributed by atoms with Crippen molar-refractivity contribution in [2.45, 2.75) is 6.18 Å². The number of anilines is 1. The monoisotopic (exact) mass is 425 g/mol. The third kappa shape index (κ3) is 3.34. The molecule has 0 saturated heterocycles. The Morgan fingerprint density at radius 1 is 1.15 bits per heavy atom. The van der Waals surface area contributed by atoms with Crippen LogP contribution < -0.4 is 10.9 Å². The summed E-state index contributed by atoms with van der Waals surface area (Å²) in [7, 11) is 1.40. The molecule has 0 aliphatic rings. The third-order valence-corrected chi connectivity index (χ3v) is 4.39. The molecule has 0 fully saturated rings. The van der Waals surface area contributed by atoms with Gasteiger partial charge in [-0.05, 0) is 24.3 Å². The van der Waals surface area contributed by atoms with E-state index in [9.17, 15) is 22.8 Å². The Balaban J connectivity index is 2.04. The first-order valence-corrected chi connectivity index (χ1v) is 8.12. The second-order valence-corrected chi connectivity index (χ2v) is 6.32. The SMILES string of the molecule is Cn1nc(C(=O)Nc2ccc(Br)c(C(F)(F)F)c2)c2ccccc2c1=O. The Bertz CT molecular complexity index is 1080. The normalized spacial score (nSPS) is 11.6. The molecule has 0 unspecified atom stereocenters. The molecule has 3 aromatic rings. The van der Waals surface area contributed by atoms with Gasteiger partial charge >= 0.3 is 6.18 Å². The van der Waals surface area contributed by atoms with E-state index in [1.807, 2.05) is 0 Å². The molecule has 0 aliphatic carbocycles. The zero-order valence-corrected chi connectivity index (χ0v) is 14.9. The highest BCUT2D eigenvalue weighted by atomic mass is 79.9. The van der Waals surface area contributed by atoms with Crippen molar-refractivity contribution in [1.29, 1.82) is 0 Å². The molecule has 26 heavy (non-hydrogen) atoms. The van der Waals surface area contributed by atoms with Crippen LogP contribution in [0.15, 0.2) is 51.7 Å². The van der Waals surface area contributed by atoms with Crippen LogP contribution in [0.3, 0.4) is 0 Å². The Hall–Kier alpha value is -2.68. The van der Waals surface area contributed by atoms with Gasteiger partial charge in [-0.15, -0.1) is 0 Å². The van der Waals surface area contributed by atoms with E-state index < -0.39 is 17.6 Å². The van der Waals surface area contributed by atoms with Crippen molar-refractivity contribution in [3.05, 3.63) is 68.5 Å². The minimum absolute atomic E-state index is 0.0368. The number of fused-ring (bicyclic) bond motifs is 1. The van der Waals surface area contributed by atoms with Gasteiger partial charge in [0.05, 0.1) is 10.9 Å². The van der Waals surface area contributed by atoms with Crippen LogP contribution in [-0.4, -0.2) is 15.7 Å². The molecule has 134 valence electrons. The Morgan fingerprint density at radius 3 is 2.46 bits per heavy atom. The largest absolute Gasteiger partial charge is 0.417 e. The number of hydrogen-bond donors (Lipinski definition) is 1. The lowest BCUT2D eigenvalue weighted by molar-refractivity contribution is -0.138. The van der Waals surface area contributed by atoms with Crippen LogP contribution in [0.2, 0.25) is 0 Å².